The molecule has 10 nitrogen and oxygen atoms in total. The SMILES string of the molecule is CC(c1nn[nH]n1)c1cc(Cl)cc2[nH]c(-c3nn[nH]n3)nc12. The van der Waals surface area contributed by atoms with Crippen molar-refractivity contribution in [2.75, 3.05) is 0 Å². The molecule has 4 aromatic rings. The van der Waals surface area contributed by atoms with Gasteiger partial charge in [0.15, 0.2) is 11.6 Å². The van der Waals surface area contributed by atoms with Crippen LogP contribution >= 0.6 is 11.6 Å². The number of fused-ring (bicyclic) bond motifs is 1. The lowest BCUT2D eigenvalue weighted by molar-refractivity contribution is 0.826. The standard InChI is InChI=1S/C11H9ClN10/c1-4(9-15-19-20-16-9)6-2-5(12)3-7-8(6)14-10(13-7)11-17-21-22-18-11/h2-4H,1H3,(H,13,14)(H,15,16,19,20)(H,17,18,21,22). The number of hydrogen-bond acceptors (Lipinski definition) is 7. The number of imidazole rings is 1. The van der Waals surface area contributed by atoms with Gasteiger partial charge in [0, 0.05) is 10.9 Å². The van der Waals surface area contributed by atoms with Gasteiger partial charge in [0.05, 0.1) is 11.0 Å². The van der Waals surface area contributed by atoms with Crippen LogP contribution in [0, 0.1) is 0 Å². The summed E-state index contributed by atoms with van der Waals surface area (Å²) in [5.41, 5.74) is 2.41. The molecule has 3 heterocycles. The van der Waals surface area contributed by atoms with E-state index in [1.165, 1.54) is 0 Å². The van der Waals surface area contributed by atoms with E-state index in [1.807, 2.05) is 13.0 Å². The molecule has 3 N–H and O–H groups in total. The van der Waals surface area contributed by atoms with Crippen molar-refractivity contribution >= 4 is 22.6 Å². The lowest BCUT2D eigenvalue weighted by atomic mass is 9.99. The van der Waals surface area contributed by atoms with Gasteiger partial charge < -0.3 is 4.98 Å². The maximum absolute atomic E-state index is 6.20. The normalized spacial score (nSPS) is 12.8. The average molecular weight is 317 g/mol. The number of nitrogens with one attached hydrogen (secondary N) is 3. The molecule has 0 saturated carbocycles. The van der Waals surface area contributed by atoms with E-state index in [-0.39, 0.29) is 5.92 Å². The Morgan fingerprint density at radius 1 is 1.09 bits per heavy atom. The maximum Gasteiger partial charge on any atom is 0.239 e. The van der Waals surface area contributed by atoms with Gasteiger partial charge in [-0.15, -0.1) is 20.4 Å². The van der Waals surface area contributed by atoms with Crippen molar-refractivity contribution in [1.82, 2.24) is 51.2 Å². The Morgan fingerprint density at radius 3 is 2.64 bits per heavy atom. The first-order chi connectivity index (χ1) is 10.7. The second kappa shape index (κ2) is 4.84. The summed E-state index contributed by atoms with van der Waals surface area (Å²) in [5, 5.41) is 28.4. The first kappa shape index (κ1) is 12.8. The number of nitrogens with zero attached hydrogens (tertiary/aromatic N) is 7. The fourth-order valence-corrected chi connectivity index (χ4v) is 2.52. The van der Waals surface area contributed by atoms with Crippen molar-refractivity contribution in [3.63, 3.8) is 0 Å². The number of rotatable bonds is 3. The Balaban J connectivity index is 1.90. The predicted octanol–water partition coefficient (Wildman–Crippen LogP) is 1.06. The van der Waals surface area contributed by atoms with E-state index in [0.717, 1.165) is 16.6 Å². The van der Waals surface area contributed by atoms with Gasteiger partial charge in [-0.05, 0) is 22.9 Å². The molecule has 0 aliphatic heterocycles. The van der Waals surface area contributed by atoms with Crippen LogP contribution in [0.25, 0.3) is 22.7 Å². The third-order valence-corrected chi connectivity index (χ3v) is 3.57. The number of benzene rings is 1. The van der Waals surface area contributed by atoms with Gasteiger partial charge in [0.25, 0.3) is 0 Å². The zero-order chi connectivity index (χ0) is 15.1. The number of tetrazole rings is 2. The quantitative estimate of drug-likeness (QED) is 0.513. The zero-order valence-corrected chi connectivity index (χ0v) is 12.0. The van der Waals surface area contributed by atoms with E-state index in [4.69, 9.17) is 11.6 Å². The van der Waals surface area contributed by atoms with Gasteiger partial charge in [-0.1, -0.05) is 23.7 Å². The van der Waals surface area contributed by atoms with Crippen molar-refractivity contribution in [3.05, 3.63) is 28.5 Å². The first-order valence-corrected chi connectivity index (χ1v) is 6.76. The molecule has 0 saturated heterocycles. The van der Waals surface area contributed by atoms with Crippen LogP contribution in [0.1, 0.15) is 24.2 Å². The van der Waals surface area contributed by atoms with E-state index < -0.39 is 0 Å². The Hall–Kier alpha value is -2.88. The van der Waals surface area contributed by atoms with Crippen LogP contribution in [-0.2, 0) is 0 Å². The molecule has 4 rings (SSSR count). The van der Waals surface area contributed by atoms with Crippen LogP contribution < -0.4 is 0 Å². The van der Waals surface area contributed by atoms with Gasteiger partial charge in [0.2, 0.25) is 5.82 Å². The second-order valence-corrected chi connectivity index (χ2v) is 5.14. The summed E-state index contributed by atoms with van der Waals surface area (Å²) in [5.74, 6) is 1.33. The molecule has 0 radical (unpaired) electrons. The summed E-state index contributed by atoms with van der Waals surface area (Å²) in [6.45, 7) is 1.96. The Morgan fingerprint density at radius 2 is 1.91 bits per heavy atom. The van der Waals surface area contributed by atoms with E-state index >= 15 is 0 Å². The largest absolute Gasteiger partial charge is 0.335 e. The van der Waals surface area contributed by atoms with Gasteiger partial charge in [-0.3, -0.25) is 0 Å². The Labute approximate surface area is 127 Å². The lowest BCUT2D eigenvalue weighted by Gasteiger charge is -2.08. The highest BCUT2D eigenvalue weighted by molar-refractivity contribution is 6.31. The molecular weight excluding hydrogens is 308 g/mol. The van der Waals surface area contributed by atoms with Crippen molar-refractivity contribution in [1.29, 1.82) is 0 Å². The fourth-order valence-electron chi connectivity index (χ4n) is 2.30. The molecule has 110 valence electrons. The van der Waals surface area contributed by atoms with Crippen LogP contribution in [0.5, 0.6) is 0 Å². The highest BCUT2D eigenvalue weighted by Crippen LogP contribution is 2.31. The third-order valence-electron chi connectivity index (χ3n) is 3.35. The second-order valence-electron chi connectivity index (χ2n) is 4.70. The summed E-state index contributed by atoms with van der Waals surface area (Å²) in [6, 6.07) is 3.63. The van der Waals surface area contributed by atoms with Gasteiger partial charge in [-0.25, -0.2) is 4.98 Å². The molecule has 0 spiro atoms. The topological polar surface area (TPSA) is 138 Å². The molecule has 0 aliphatic carbocycles. The summed E-state index contributed by atoms with van der Waals surface area (Å²) >= 11 is 6.20. The molecule has 3 aromatic heterocycles. The number of H-pyrrole nitrogens is 3. The highest BCUT2D eigenvalue weighted by Gasteiger charge is 2.20. The molecule has 1 unspecified atom stereocenters. The highest BCUT2D eigenvalue weighted by atomic mass is 35.5. The molecule has 1 aromatic carbocycles. The van der Waals surface area contributed by atoms with E-state index in [1.54, 1.807) is 6.07 Å². The van der Waals surface area contributed by atoms with Gasteiger partial charge >= 0.3 is 0 Å². The number of halogens is 1. The number of hydrogen-bond donors (Lipinski definition) is 3. The predicted molar refractivity (Wildman–Crippen MR) is 76.0 cm³/mol. The lowest BCUT2D eigenvalue weighted by Crippen LogP contribution is -2.00. The minimum atomic E-state index is -0.124. The molecule has 0 fully saturated rings. The van der Waals surface area contributed by atoms with Crippen LogP contribution in [0.15, 0.2) is 12.1 Å². The maximum atomic E-state index is 6.20. The molecule has 0 amide bonds. The summed E-state index contributed by atoms with van der Waals surface area (Å²) in [7, 11) is 0. The van der Waals surface area contributed by atoms with Crippen molar-refractivity contribution < 1.29 is 0 Å². The van der Waals surface area contributed by atoms with Crippen LogP contribution in [0.4, 0.5) is 0 Å². The Kier molecular flexibility index (Phi) is 2.82. The average Bonchev–Trinajstić information content (AvgIpc) is 3.24. The smallest absolute Gasteiger partial charge is 0.239 e. The van der Waals surface area contributed by atoms with Crippen LogP contribution in [0.3, 0.4) is 0 Å². The first-order valence-electron chi connectivity index (χ1n) is 6.38. The van der Waals surface area contributed by atoms with E-state index in [0.29, 0.717) is 22.5 Å². The number of aromatic amines is 3. The van der Waals surface area contributed by atoms with Crippen LogP contribution in [-0.4, -0.2) is 51.2 Å². The van der Waals surface area contributed by atoms with E-state index in [2.05, 4.69) is 51.2 Å². The van der Waals surface area contributed by atoms with Crippen molar-refractivity contribution in [2.24, 2.45) is 0 Å². The molecule has 11 heteroatoms. The third kappa shape index (κ3) is 2.00. The molecule has 0 bridgehead atoms. The van der Waals surface area contributed by atoms with Crippen molar-refractivity contribution in [3.8, 4) is 11.6 Å². The van der Waals surface area contributed by atoms with Crippen molar-refractivity contribution in [2.45, 2.75) is 12.8 Å². The molecule has 0 aliphatic rings. The molecule has 22 heavy (non-hydrogen) atoms. The van der Waals surface area contributed by atoms with E-state index in [9.17, 15) is 0 Å². The minimum absolute atomic E-state index is 0.124. The number of aromatic nitrogens is 10. The summed E-state index contributed by atoms with van der Waals surface area (Å²) in [6.07, 6.45) is 0. The monoisotopic (exact) mass is 316 g/mol. The zero-order valence-electron chi connectivity index (χ0n) is 11.2. The molecule has 1 atom stereocenters. The fraction of sp³-hybridized carbons (Fsp3) is 0.182. The summed E-state index contributed by atoms with van der Waals surface area (Å²) < 4.78 is 0. The van der Waals surface area contributed by atoms with Gasteiger partial charge in [0.1, 0.15) is 0 Å². The summed E-state index contributed by atoms with van der Waals surface area (Å²) in [4.78, 5) is 7.68. The Bertz CT molecular complexity index is 910. The minimum Gasteiger partial charge on any atom is -0.335 e. The van der Waals surface area contributed by atoms with Crippen LogP contribution in [0.2, 0.25) is 5.02 Å². The van der Waals surface area contributed by atoms with Gasteiger partial charge in [-0.2, -0.15) is 10.4 Å². The molecular formula is C11H9ClN10.